The highest BCUT2D eigenvalue weighted by molar-refractivity contribution is 6.58. The van der Waals surface area contributed by atoms with Crippen LogP contribution in [0, 0.1) is 33.7 Å². The number of nitro groups is 1. The van der Waals surface area contributed by atoms with Crippen molar-refractivity contribution >= 4 is 63.9 Å². The molecule has 7 rings (SSSR count). The Morgan fingerprint density at radius 2 is 1.67 bits per heavy atom. The zero-order chi connectivity index (χ0) is 34.3. The summed E-state index contributed by atoms with van der Waals surface area (Å²) in [7, 11) is 0. The number of aromatic hydroxyl groups is 1. The molecule has 0 bridgehead atoms. The lowest BCUT2D eigenvalue weighted by Crippen LogP contribution is -2.60. The molecule has 0 spiro atoms. The fourth-order valence-electron chi connectivity index (χ4n) is 7.91. The number of phenolic OH excluding ortho intramolecular Hbond substituents is 1. The molecular weight excluding hydrogens is 664 g/mol. The van der Waals surface area contributed by atoms with Crippen LogP contribution in [0.25, 0.3) is 0 Å². The summed E-state index contributed by atoms with van der Waals surface area (Å²) < 4.78 is 13.9. The van der Waals surface area contributed by atoms with E-state index in [0.29, 0.717) is 11.1 Å². The van der Waals surface area contributed by atoms with E-state index in [0.717, 1.165) is 28.0 Å². The van der Waals surface area contributed by atoms with Gasteiger partial charge in [-0.05, 0) is 61.1 Å². The molecule has 3 aromatic carbocycles. The Balaban J connectivity index is 1.41. The molecule has 1 N–H and O–H groups in total. The molecule has 48 heavy (non-hydrogen) atoms. The molecule has 2 heterocycles. The minimum Gasteiger partial charge on any atom is -0.507 e. The number of alkyl halides is 2. The summed E-state index contributed by atoms with van der Waals surface area (Å²) >= 11 is 14.7. The Bertz CT molecular complexity index is 2000. The van der Waals surface area contributed by atoms with E-state index in [4.69, 9.17) is 23.2 Å². The van der Waals surface area contributed by atoms with E-state index < -0.39 is 67.8 Å². The van der Waals surface area contributed by atoms with Gasteiger partial charge < -0.3 is 5.11 Å². The van der Waals surface area contributed by atoms with Gasteiger partial charge in [-0.1, -0.05) is 42.0 Å². The zero-order valence-electron chi connectivity index (χ0n) is 25.0. The van der Waals surface area contributed by atoms with Gasteiger partial charge in [-0.25, -0.2) is 14.2 Å². The summed E-state index contributed by atoms with van der Waals surface area (Å²) in [5, 5.41) is 23.1. The number of carbonyl (C=O) groups excluding carboxylic acids is 4. The van der Waals surface area contributed by atoms with Crippen LogP contribution in [0.4, 0.5) is 21.5 Å². The van der Waals surface area contributed by atoms with Crippen LogP contribution >= 0.6 is 23.2 Å². The molecule has 3 aromatic rings. The highest BCUT2D eigenvalue weighted by atomic mass is 35.5. The van der Waals surface area contributed by atoms with Crippen LogP contribution < -0.4 is 9.80 Å². The molecule has 13 heteroatoms. The normalized spacial score (nSPS) is 29.4. The largest absolute Gasteiger partial charge is 0.507 e. The number of para-hydroxylation sites is 1. The first-order chi connectivity index (χ1) is 22.8. The third-order valence-electron chi connectivity index (χ3n) is 10.0. The van der Waals surface area contributed by atoms with Crippen molar-refractivity contribution in [3.63, 3.8) is 0 Å². The van der Waals surface area contributed by atoms with E-state index in [1.165, 1.54) is 30.3 Å². The Hall–Kier alpha value is -4.87. The number of nitro benzene ring substituents is 1. The number of amides is 4. The van der Waals surface area contributed by atoms with Crippen molar-refractivity contribution in [3.8, 4) is 5.75 Å². The number of hydrogen-bond donors (Lipinski definition) is 1. The number of imide groups is 2. The van der Waals surface area contributed by atoms with Crippen molar-refractivity contribution in [2.75, 3.05) is 9.80 Å². The Morgan fingerprint density at radius 3 is 2.35 bits per heavy atom. The predicted octanol–water partition coefficient (Wildman–Crippen LogP) is 5.94. The Morgan fingerprint density at radius 1 is 0.958 bits per heavy atom. The molecule has 2 aliphatic heterocycles. The fraction of sp³-hybridized carbons (Fsp3) is 0.257. The number of non-ortho nitro benzene ring substituents is 1. The molecule has 6 atom stereocenters. The summed E-state index contributed by atoms with van der Waals surface area (Å²) in [6.45, 7) is 3.74. The zero-order valence-corrected chi connectivity index (χ0v) is 26.5. The van der Waals surface area contributed by atoms with Gasteiger partial charge in [-0.3, -0.25) is 29.3 Å². The highest BCUT2D eigenvalue weighted by Gasteiger charge is 2.77. The number of anilines is 2. The first-order valence-corrected chi connectivity index (χ1v) is 15.9. The van der Waals surface area contributed by atoms with Gasteiger partial charge in [-0.2, -0.15) is 0 Å². The molecule has 0 radical (unpaired) electrons. The molecule has 244 valence electrons. The Kier molecular flexibility index (Phi) is 7.33. The second-order valence-electron chi connectivity index (χ2n) is 12.4. The van der Waals surface area contributed by atoms with E-state index >= 15 is 0 Å². The van der Waals surface area contributed by atoms with Gasteiger partial charge in [0.25, 0.3) is 17.5 Å². The molecule has 0 aromatic heterocycles. The summed E-state index contributed by atoms with van der Waals surface area (Å²) in [6, 6.07) is 14.7. The third kappa shape index (κ3) is 4.23. The molecule has 2 aliphatic carbocycles. The number of benzene rings is 3. The van der Waals surface area contributed by atoms with Crippen molar-refractivity contribution in [2.24, 2.45) is 17.8 Å². The minimum absolute atomic E-state index is 0.0270. The second kappa shape index (κ2) is 11.1. The van der Waals surface area contributed by atoms with E-state index in [1.807, 2.05) is 0 Å². The highest BCUT2D eigenvalue weighted by Crippen LogP contribution is 2.66. The van der Waals surface area contributed by atoms with E-state index in [2.05, 4.69) is 6.58 Å². The number of phenols is 1. The molecule has 1 saturated carbocycles. The van der Waals surface area contributed by atoms with Crippen LogP contribution in [-0.2, 0) is 25.6 Å². The first kappa shape index (κ1) is 31.7. The fourth-order valence-corrected chi connectivity index (χ4v) is 8.84. The maximum atomic E-state index is 14.5. The van der Waals surface area contributed by atoms with Crippen molar-refractivity contribution in [1.29, 1.82) is 0 Å². The number of halogens is 3. The molecule has 4 aliphatic rings. The molecule has 6 unspecified atom stereocenters. The van der Waals surface area contributed by atoms with E-state index in [-0.39, 0.29) is 47.6 Å². The molecular formula is C35H26Cl2FN3O7. The average molecular weight is 691 g/mol. The van der Waals surface area contributed by atoms with Crippen LogP contribution in [0.1, 0.15) is 29.9 Å². The average Bonchev–Trinajstić information content (AvgIpc) is 3.40. The van der Waals surface area contributed by atoms with Gasteiger partial charge in [0.1, 0.15) is 11.6 Å². The standard InChI is InChI=1S/C35H26Cl2FN3O7/c1-2-5-18-6-3-9-25(29(18)42)28-23-14-15-24-27(31(44)39(30(24)43)21-7-4-8-22(16-21)41(47)48)26(23)17-34(36)32(45)40(33(46)35(28,34)37)20-12-10-19(38)11-13-20/h2-4,6-14,16,24,26-28,42H,1,5,15,17H2. The van der Waals surface area contributed by atoms with Gasteiger partial charge in [-0.15, -0.1) is 29.8 Å². The third-order valence-corrected chi connectivity index (χ3v) is 11.4. The maximum absolute atomic E-state index is 14.5. The van der Waals surface area contributed by atoms with Crippen molar-refractivity contribution in [2.45, 2.75) is 34.9 Å². The van der Waals surface area contributed by atoms with Gasteiger partial charge in [0.15, 0.2) is 9.75 Å². The predicted molar refractivity (Wildman–Crippen MR) is 174 cm³/mol. The topological polar surface area (TPSA) is 138 Å². The van der Waals surface area contributed by atoms with Crippen LogP contribution in [-0.4, -0.2) is 43.4 Å². The SMILES string of the molecule is C=CCc1cccc(C2C3=CCC4C(=O)N(c5cccc([N+](=O)[O-])c5)C(=O)C4C3CC3(Cl)C(=O)N(c4ccc(F)cc4)C(=O)C23Cl)c1O. The summed E-state index contributed by atoms with van der Waals surface area (Å²) in [6.07, 6.45) is 3.31. The molecule has 4 amide bonds. The number of hydrogen-bond acceptors (Lipinski definition) is 7. The van der Waals surface area contributed by atoms with Crippen LogP contribution in [0.5, 0.6) is 5.75 Å². The number of nitrogens with zero attached hydrogens (tertiary/aromatic N) is 3. The number of fused-ring (bicyclic) bond motifs is 4. The quantitative estimate of drug-likeness (QED) is 0.111. The first-order valence-electron chi connectivity index (χ1n) is 15.1. The van der Waals surface area contributed by atoms with Crippen molar-refractivity contribution in [3.05, 3.63) is 118 Å². The monoisotopic (exact) mass is 689 g/mol. The number of allylic oxidation sites excluding steroid dienone is 3. The van der Waals surface area contributed by atoms with Crippen molar-refractivity contribution in [1.82, 2.24) is 0 Å². The maximum Gasteiger partial charge on any atom is 0.271 e. The lowest BCUT2D eigenvalue weighted by Gasteiger charge is -2.50. The van der Waals surface area contributed by atoms with Gasteiger partial charge in [0, 0.05) is 23.6 Å². The molecule has 3 fully saturated rings. The molecule has 2 saturated heterocycles. The van der Waals surface area contributed by atoms with Crippen molar-refractivity contribution < 1.29 is 33.6 Å². The molecule has 10 nitrogen and oxygen atoms in total. The van der Waals surface area contributed by atoms with E-state index in [1.54, 1.807) is 30.4 Å². The summed E-state index contributed by atoms with van der Waals surface area (Å²) in [4.78, 5) is 65.1. The lowest BCUT2D eigenvalue weighted by atomic mass is 9.56. The van der Waals surface area contributed by atoms with Crippen LogP contribution in [0.15, 0.2) is 91.0 Å². The minimum atomic E-state index is -2.22. The van der Waals surface area contributed by atoms with E-state index in [9.17, 15) is 38.8 Å². The second-order valence-corrected chi connectivity index (χ2v) is 13.6. The lowest BCUT2D eigenvalue weighted by molar-refractivity contribution is -0.384. The van der Waals surface area contributed by atoms with Gasteiger partial charge in [0.2, 0.25) is 11.8 Å². The van der Waals surface area contributed by atoms with Gasteiger partial charge >= 0.3 is 0 Å². The summed E-state index contributed by atoms with van der Waals surface area (Å²) in [5.41, 5.74) is 0.866. The summed E-state index contributed by atoms with van der Waals surface area (Å²) in [5.74, 6) is -7.87. The number of rotatable bonds is 6. The van der Waals surface area contributed by atoms with Gasteiger partial charge in [0.05, 0.1) is 28.1 Å². The Labute approximate surface area is 283 Å². The number of carbonyl (C=O) groups is 4. The smallest absolute Gasteiger partial charge is 0.271 e. The van der Waals surface area contributed by atoms with Crippen LogP contribution in [0.2, 0.25) is 0 Å². The van der Waals surface area contributed by atoms with Crippen LogP contribution in [0.3, 0.4) is 0 Å².